The molecule has 25 heavy (non-hydrogen) atoms. The molecule has 0 aromatic heterocycles. The van der Waals surface area contributed by atoms with Gasteiger partial charge in [-0.25, -0.2) is 9.18 Å². The zero-order valence-electron chi connectivity index (χ0n) is 14.3. The fourth-order valence-electron chi connectivity index (χ4n) is 2.60. The largest absolute Gasteiger partial charge is 0.482 e. The molecule has 1 heterocycles. The van der Waals surface area contributed by atoms with Gasteiger partial charge in [-0.1, -0.05) is 55.8 Å². The first-order valence-corrected chi connectivity index (χ1v) is 8.49. The minimum Gasteiger partial charge on any atom is -0.482 e. The molecule has 5 heteroatoms. The first-order chi connectivity index (χ1) is 12.0. The van der Waals surface area contributed by atoms with E-state index >= 15 is 0 Å². The van der Waals surface area contributed by atoms with Crippen LogP contribution < -0.4 is 4.74 Å². The summed E-state index contributed by atoms with van der Waals surface area (Å²) in [4.78, 5) is 11.3. The second kappa shape index (κ2) is 8.17. The van der Waals surface area contributed by atoms with Crippen molar-refractivity contribution >= 4 is 23.6 Å². The molecule has 3 rings (SSSR count). The van der Waals surface area contributed by atoms with Gasteiger partial charge in [0.2, 0.25) is 0 Å². The smallest absolute Gasteiger partial charge is 0.335 e. The highest BCUT2D eigenvalue weighted by Gasteiger charge is 2.32. The van der Waals surface area contributed by atoms with E-state index < -0.39 is 18.2 Å². The maximum absolute atomic E-state index is 13.7. The lowest BCUT2D eigenvalue weighted by atomic mass is 9.96. The van der Waals surface area contributed by atoms with E-state index in [4.69, 9.17) is 16.3 Å². The Kier molecular flexibility index (Phi) is 6.21. The average molecular weight is 363 g/mol. The van der Waals surface area contributed by atoms with Gasteiger partial charge in [0, 0.05) is 16.1 Å². The summed E-state index contributed by atoms with van der Waals surface area (Å²) in [7, 11) is 0. The molecule has 2 atom stereocenters. The van der Waals surface area contributed by atoms with Crippen LogP contribution in [-0.2, 0) is 4.79 Å². The molecule has 1 aliphatic rings. The number of carboxylic acid groups (broad SMARTS) is 1. The lowest BCUT2D eigenvalue weighted by Crippen LogP contribution is -2.34. The number of aliphatic carboxylic acids is 1. The minimum absolute atomic E-state index is 0.115. The molecule has 0 aliphatic carbocycles. The monoisotopic (exact) mass is 362 g/mol. The van der Waals surface area contributed by atoms with Gasteiger partial charge in [0.1, 0.15) is 11.9 Å². The summed E-state index contributed by atoms with van der Waals surface area (Å²) in [5.74, 6) is -0.777. The maximum Gasteiger partial charge on any atom is 0.335 e. The molecule has 2 aromatic rings. The molecule has 0 radical (unpaired) electrons. The third-order valence-electron chi connectivity index (χ3n) is 3.72. The minimum atomic E-state index is -1.44. The highest BCUT2D eigenvalue weighted by molar-refractivity contribution is 6.33. The Hall–Kier alpha value is -2.33. The van der Waals surface area contributed by atoms with Crippen LogP contribution in [0.4, 0.5) is 4.39 Å². The Balaban J connectivity index is 0.00000109. The molecule has 1 aliphatic heterocycles. The van der Waals surface area contributed by atoms with E-state index in [9.17, 15) is 14.3 Å². The summed E-state index contributed by atoms with van der Waals surface area (Å²) in [6, 6.07) is 12.9. The number of ether oxygens (including phenoxy) is 1. The Morgan fingerprint density at radius 1 is 1.24 bits per heavy atom. The normalized spacial score (nSPS) is 16.5. The first kappa shape index (κ1) is 19.0. The van der Waals surface area contributed by atoms with E-state index in [-0.39, 0.29) is 5.57 Å². The Labute approximate surface area is 151 Å². The van der Waals surface area contributed by atoms with Crippen molar-refractivity contribution in [2.75, 3.05) is 0 Å². The number of rotatable bonds is 3. The van der Waals surface area contributed by atoms with Crippen molar-refractivity contribution in [1.82, 2.24) is 0 Å². The molecular formula is C20H20ClFO3. The number of carboxylic acids is 1. The molecule has 0 amide bonds. The van der Waals surface area contributed by atoms with E-state index in [1.54, 1.807) is 12.1 Å². The van der Waals surface area contributed by atoms with E-state index in [1.807, 2.05) is 44.2 Å². The van der Waals surface area contributed by atoms with Gasteiger partial charge in [-0.05, 0) is 30.7 Å². The standard InChI is InChI=1S/C18H14ClFO3.C2H6/c1-10(20)17-14(18(21)22)7-12-8-15(19)13(9-16(12)23-17)11-5-3-2-4-6-11;1-2/h2-10,17H,1H3,(H,21,22);1-2H3. The van der Waals surface area contributed by atoms with E-state index in [0.717, 1.165) is 11.1 Å². The van der Waals surface area contributed by atoms with Crippen LogP contribution in [0.2, 0.25) is 5.02 Å². The van der Waals surface area contributed by atoms with Crippen LogP contribution in [0.15, 0.2) is 48.0 Å². The molecule has 2 aromatic carbocycles. The number of carbonyl (C=O) groups is 1. The van der Waals surface area contributed by atoms with Crippen molar-refractivity contribution in [3.05, 3.63) is 58.6 Å². The zero-order chi connectivity index (χ0) is 18.6. The Morgan fingerprint density at radius 3 is 2.44 bits per heavy atom. The Bertz CT molecular complexity index is 785. The number of alkyl halides is 1. The first-order valence-electron chi connectivity index (χ1n) is 8.12. The summed E-state index contributed by atoms with van der Waals surface area (Å²) >= 11 is 6.32. The highest BCUT2D eigenvalue weighted by atomic mass is 35.5. The van der Waals surface area contributed by atoms with Crippen LogP contribution in [0.1, 0.15) is 26.3 Å². The number of halogens is 2. The summed E-state index contributed by atoms with van der Waals surface area (Å²) in [6.45, 7) is 5.28. The number of hydrogen-bond acceptors (Lipinski definition) is 2. The zero-order valence-corrected chi connectivity index (χ0v) is 15.0. The predicted octanol–water partition coefficient (Wildman–Crippen LogP) is 5.62. The fourth-order valence-corrected chi connectivity index (χ4v) is 2.88. The van der Waals surface area contributed by atoms with Crippen molar-refractivity contribution in [3.63, 3.8) is 0 Å². The van der Waals surface area contributed by atoms with Gasteiger partial charge in [0.25, 0.3) is 0 Å². The molecule has 1 N–H and O–H groups in total. The van der Waals surface area contributed by atoms with E-state index in [2.05, 4.69) is 0 Å². The quantitative estimate of drug-likeness (QED) is 0.770. The van der Waals surface area contributed by atoms with Crippen LogP contribution in [0.25, 0.3) is 17.2 Å². The van der Waals surface area contributed by atoms with Crippen molar-refractivity contribution in [2.24, 2.45) is 0 Å². The van der Waals surface area contributed by atoms with Gasteiger partial charge >= 0.3 is 5.97 Å². The second-order valence-corrected chi connectivity index (χ2v) is 5.76. The molecule has 0 spiro atoms. The average Bonchev–Trinajstić information content (AvgIpc) is 2.62. The highest BCUT2D eigenvalue weighted by Crippen LogP contribution is 2.39. The van der Waals surface area contributed by atoms with Crippen molar-refractivity contribution < 1.29 is 19.0 Å². The number of fused-ring (bicyclic) bond motifs is 1. The lowest BCUT2D eigenvalue weighted by Gasteiger charge is -2.27. The van der Waals surface area contributed by atoms with Gasteiger partial charge in [0.05, 0.1) is 5.57 Å². The second-order valence-electron chi connectivity index (χ2n) is 5.36. The fraction of sp³-hybridized carbons (Fsp3) is 0.250. The third kappa shape index (κ3) is 4.02. The summed E-state index contributed by atoms with van der Waals surface area (Å²) in [5, 5.41) is 9.72. The van der Waals surface area contributed by atoms with Crippen molar-refractivity contribution in [1.29, 1.82) is 0 Å². The lowest BCUT2D eigenvalue weighted by molar-refractivity contribution is -0.133. The molecule has 2 unspecified atom stereocenters. The van der Waals surface area contributed by atoms with E-state index in [0.29, 0.717) is 16.3 Å². The van der Waals surface area contributed by atoms with Gasteiger partial charge in [-0.2, -0.15) is 0 Å². The molecule has 0 saturated carbocycles. The molecule has 0 fully saturated rings. The van der Waals surface area contributed by atoms with Crippen molar-refractivity contribution in [2.45, 2.75) is 33.0 Å². The SMILES string of the molecule is CC.CC(F)C1Oc2cc(-c3ccccc3)c(Cl)cc2C=C1C(=O)O. The topological polar surface area (TPSA) is 46.5 Å². The van der Waals surface area contributed by atoms with Gasteiger partial charge in [0.15, 0.2) is 6.10 Å². The summed E-state index contributed by atoms with van der Waals surface area (Å²) in [6.07, 6.45) is -1.16. The molecule has 132 valence electrons. The van der Waals surface area contributed by atoms with Gasteiger partial charge < -0.3 is 9.84 Å². The van der Waals surface area contributed by atoms with Crippen LogP contribution in [-0.4, -0.2) is 23.4 Å². The van der Waals surface area contributed by atoms with Gasteiger partial charge in [-0.3, -0.25) is 0 Å². The molecular weight excluding hydrogens is 343 g/mol. The van der Waals surface area contributed by atoms with Crippen LogP contribution in [0.3, 0.4) is 0 Å². The molecule has 0 bridgehead atoms. The van der Waals surface area contributed by atoms with E-state index in [1.165, 1.54) is 13.0 Å². The summed E-state index contributed by atoms with van der Waals surface area (Å²) < 4.78 is 19.3. The number of hydrogen-bond donors (Lipinski definition) is 1. The Morgan fingerprint density at radius 2 is 1.88 bits per heavy atom. The van der Waals surface area contributed by atoms with Crippen molar-refractivity contribution in [3.8, 4) is 16.9 Å². The summed E-state index contributed by atoms with van der Waals surface area (Å²) in [5.41, 5.74) is 2.07. The van der Waals surface area contributed by atoms with Gasteiger partial charge in [-0.15, -0.1) is 0 Å². The van der Waals surface area contributed by atoms with Crippen LogP contribution in [0, 0.1) is 0 Å². The third-order valence-corrected chi connectivity index (χ3v) is 4.03. The maximum atomic E-state index is 13.7. The van der Waals surface area contributed by atoms with Crippen LogP contribution >= 0.6 is 11.6 Å². The molecule has 0 saturated heterocycles. The molecule has 3 nitrogen and oxygen atoms in total. The number of benzene rings is 2. The van der Waals surface area contributed by atoms with Crippen LogP contribution in [0.5, 0.6) is 5.75 Å². The predicted molar refractivity (Wildman–Crippen MR) is 98.8 cm³/mol.